The van der Waals surface area contributed by atoms with Crippen LogP contribution in [-0.4, -0.2) is 49.1 Å². The van der Waals surface area contributed by atoms with Crippen LogP contribution in [0.15, 0.2) is 76.8 Å². The van der Waals surface area contributed by atoms with Crippen LogP contribution in [0.4, 0.5) is 4.39 Å². The highest BCUT2D eigenvalue weighted by molar-refractivity contribution is 9.10. The third kappa shape index (κ3) is 5.68. The van der Waals surface area contributed by atoms with Crippen LogP contribution in [0.3, 0.4) is 0 Å². The molecular formula is C28H25BrFNO6. The molecule has 3 aromatic rings. The number of ketones is 1. The number of benzene rings is 3. The molecule has 0 spiro atoms. The summed E-state index contributed by atoms with van der Waals surface area (Å²) in [5.41, 5.74) is 1.68. The van der Waals surface area contributed by atoms with Gasteiger partial charge in [-0.3, -0.25) is 9.59 Å². The molecule has 0 aliphatic carbocycles. The molecule has 1 fully saturated rings. The number of methoxy groups -OCH3 is 2. The molecule has 9 heteroatoms. The van der Waals surface area contributed by atoms with E-state index in [1.807, 2.05) is 0 Å². The number of ether oxygens (including phenoxy) is 3. The standard InChI is InChI=1S/C28H25BrFNO6/c1-35-13-12-31-25(18-4-3-5-21(14-18)37-16-17-6-9-20(30)10-7-17)24(27(33)28(31)34)26(32)19-8-11-23(36-2)22(29)15-19/h3-11,14-15,25,32H,12-13,16H2,1-2H3/b26-24+. The van der Waals surface area contributed by atoms with Gasteiger partial charge in [0.1, 0.15) is 29.7 Å². The number of likely N-dealkylation sites (tertiary alicyclic amines) is 1. The van der Waals surface area contributed by atoms with E-state index in [0.29, 0.717) is 27.1 Å². The van der Waals surface area contributed by atoms with Crippen LogP contribution in [0.1, 0.15) is 22.7 Å². The second-order valence-corrected chi connectivity index (χ2v) is 9.18. The highest BCUT2D eigenvalue weighted by Gasteiger charge is 2.46. The minimum Gasteiger partial charge on any atom is -0.507 e. The molecule has 3 aromatic carbocycles. The van der Waals surface area contributed by atoms with Crippen molar-refractivity contribution in [3.8, 4) is 11.5 Å². The van der Waals surface area contributed by atoms with Crippen molar-refractivity contribution in [1.29, 1.82) is 0 Å². The van der Waals surface area contributed by atoms with Gasteiger partial charge in [-0.2, -0.15) is 0 Å². The summed E-state index contributed by atoms with van der Waals surface area (Å²) in [6.07, 6.45) is 0. The lowest BCUT2D eigenvalue weighted by Gasteiger charge is -2.25. The number of Topliss-reactive ketones (excluding diaryl/α,β-unsaturated/α-hetero) is 1. The number of carbonyl (C=O) groups is 2. The summed E-state index contributed by atoms with van der Waals surface area (Å²) < 4.78 is 30.1. The van der Waals surface area contributed by atoms with Crippen LogP contribution < -0.4 is 9.47 Å². The van der Waals surface area contributed by atoms with Gasteiger partial charge in [-0.05, 0) is 69.5 Å². The Morgan fingerprint density at radius 2 is 1.81 bits per heavy atom. The Kier molecular flexibility index (Phi) is 8.25. The SMILES string of the molecule is COCCN1C(=O)C(=O)/C(=C(/O)c2ccc(OC)c(Br)c2)C1c1cccc(OCc2ccc(F)cc2)c1. The maximum Gasteiger partial charge on any atom is 0.295 e. The number of amides is 1. The molecule has 1 atom stereocenters. The van der Waals surface area contributed by atoms with E-state index >= 15 is 0 Å². The minimum absolute atomic E-state index is 0.0335. The Morgan fingerprint density at radius 1 is 1.05 bits per heavy atom. The lowest BCUT2D eigenvalue weighted by atomic mass is 9.95. The Labute approximate surface area is 222 Å². The van der Waals surface area contributed by atoms with Crippen molar-refractivity contribution in [3.63, 3.8) is 0 Å². The molecule has 1 aliphatic rings. The first-order valence-electron chi connectivity index (χ1n) is 11.4. The molecule has 7 nitrogen and oxygen atoms in total. The van der Waals surface area contributed by atoms with Gasteiger partial charge in [0, 0.05) is 19.2 Å². The zero-order chi connectivity index (χ0) is 26.5. The molecule has 1 unspecified atom stereocenters. The molecule has 0 bridgehead atoms. The Morgan fingerprint density at radius 3 is 2.49 bits per heavy atom. The Bertz CT molecular complexity index is 1340. The second-order valence-electron chi connectivity index (χ2n) is 8.32. The number of aliphatic hydroxyl groups excluding tert-OH is 1. The predicted octanol–water partition coefficient (Wildman–Crippen LogP) is 5.24. The third-order valence-corrected chi connectivity index (χ3v) is 6.61. The van der Waals surface area contributed by atoms with Gasteiger partial charge in [0.15, 0.2) is 0 Å². The summed E-state index contributed by atoms with van der Waals surface area (Å²) in [5.74, 6) is -1.10. The lowest BCUT2D eigenvalue weighted by Crippen LogP contribution is -2.32. The average Bonchev–Trinajstić information content (AvgIpc) is 3.16. The van der Waals surface area contributed by atoms with Gasteiger partial charge in [-0.1, -0.05) is 24.3 Å². The number of hydrogen-bond acceptors (Lipinski definition) is 6. The molecule has 1 N–H and O–H groups in total. The molecule has 0 radical (unpaired) electrons. The van der Waals surface area contributed by atoms with Gasteiger partial charge in [-0.15, -0.1) is 0 Å². The maximum absolute atomic E-state index is 13.2. The summed E-state index contributed by atoms with van der Waals surface area (Å²) in [6.45, 7) is 0.557. The molecule has 192 valence electrons. The zero-order valence-corrected chi connectivity index (χ0v) is 21.8. The van der Waals surface area contributed by atoms with Crippen molar-refractivity contribution in [2.24, 2.45) is 0 Å². The minimum atomic E-state index is -0.856. The summed E-state index contributed by atoms with van der Waals surface area (Å²) in [4.78, 5) is 27.6. The monoisotopic (exact) mass is 569 g/mol. The molecule has 37 heavy (non-hydrogen) atoms. The fourth-order valence-corrected chi connectivity index (χ4v) is 4.68. The van der Waals surface area contributed by atoms with E-state index in [2.05, 4.69) is 15.9 Å². The smallest absolute Gasteiger partial charge is 0.295 e. The number of rotatable bonds is 9. The predicted molar refractivity (Wildman–Crippen MR) is 139 cm³/mol. The Hall–Kier alpha value is -3.69. The van der Waals surface area contributed by atoms with Crippen molar-refractivity contribution in [1.82, 2.24) is 4.90 Å². The molecule has 0 saturated carbocycles. The number of halogens is 2. The van der Waals surface area contributed by atoms with Gasteiger partial charge >= 0.3 is 0 Å². The third-order valence-electron chi connectivity index (χ3n) is 5.99. The van der Waals surface area contributed by atoms with Crippen molar-refractivity contribution in [2.45, 2.75) is 12.6 Å². The second kappa shape index (κ2) is 11.6. The number of carbonyl (C=O) groups excluding carboxylic acids is 2. The summed E-state index contributed by atoms with van der Waals surface area (Å²) in [5, 5.41) is 11.2. The van der Waals surface area contributed by atoms with E-state index in [-0.39, 0.29) is 36.9 Å². The number of nitrogens with zero attached hydrogens (tertiary/aromatic N) is 1. The van der Waals surface area contributed by atoms with Crippen LogP contribution in [0, 0.1) is 5.82 Å². The van der Waals surface area contributed by atoms with Crippen molar-refractivity contribution in [2.75, 3.05) is 27.4 Å². The normalized spacial score (nSPS) is 16.8. The maximum atomic E-state index is 13.2. The van der Waals surface area contributed by atoms with E-state index in [0.717, 1.165) is 5.56 Å². The largest absolute Gasteiger partial charge is 0.507 e. The van der Waals surface area contributed by atoms with Crippen LogP contribution in [0.2, 0.25) is 0 Å². The lowest BCUT2D eigenvalue weighted by molar-refractivity contribution is -0.140. The van der Waals surface area contributed by atoms with Crippen LogP contribution in [-0.2, 0) is 20.9 Å². The van der Waals surface area contributed by atoms with Crippen LogP contribution in [0.25, 0.3) is 5.76 Å². The fraction of sp³-hybridized carbons (Fsp3) is 0.214. The first-order valence-corrected chi connectivity index (χ1v) is 12.2. The van der Waals surface area contributed by atoms with E-state index < -0.39 is 17.7 Å². The fourth-order valence-electron chi connectivity index (χ4n) is 4.14. The van der Waals surface area contributed by atoms with Crippen LogP contribution in [0.5, 0.6) is 11.5 Å². The Balaban J connectivity index is 1.73. The van der Waals surface area contributed by atoms with Gasteiger partial charge in [-0.25, -0.2) is 4.39 Å². The van der Waals surface area contributed by atoms with Gasteiger partial charge in [0.2, 0.25) is 0 Å². The summed E-state index contributed by atoms with van der Waals surface area (Å²) >= 11 is 3.39. The van der Waals surface area contributed by atoms with Crippen molar-refractivity contribution < 1.29 is 33.3 Å². The number of hydrogen-bond donors (Lipinski definition) is 1. The highest BCUT2D eigenvalue weighted by atomic mass is 79.9. The first-order chi connectivity index (χ1) is 17.8. The zero-order valence-electron chi connectivity index (χ0n) is 20.2. The molecule has 4 rings (SSSR count). The van der Waals surface area contributed by atoms with Crippen molar-refractivity contribution >= 4 is 33.4 Å². The van der Waals surface area contributed by atoms with Crippen LogP contribution >= 0.6 is 15.9 Å². The van der Waals surface area contributed by atoms with E-state index in [9.17, 15) is 19.1 Å². The van der Waals surface area contributed by atoms with Crippen molar-refractivity contribution in [3.05, 3.63) is 99.3 Å². The average molecular weight is 570 g/mol. The highest BCUT2D eigenvalue weighted by Crippen LogP contribution is 2.41. The summed E-state index contributed by atoms with van der Waals surface area (Å²) in [7, 11) is 3.02. The van der Waals surface area contributed by atoms with Gasteiger partial charge in [0.25, 0.3) is 11.7 Å². The molecular weight excluding hydrogens is 545 g/mol. The number of aliphatic hydroxyl groups is 1. The molecule has 1 aliphatic heterocycles. The molecule has 1 amide bonds. The van der Waals surface area contributed by atoms with E-state index in [4.69, 9.17) is 14.2 Å². The van der Waals surface area contributed by atoms with Gasteiger partial charge in [0.05, 0.1) is 29.8 Å². The quantitative estimate of drug-likeness (QED) is 0.215. The molecule has 0 aromatic heterocycles. The van der Waals surface area contributed by atoms with E-state index in [1.54, 1.807) is 54.6 Å². The topological polar surface area (TPSA) is 85.3 Å². The first kappa shape index (κ1) is 26.4. The van der Waals surface area contributed by atoms with Gasteiger partial charge < -0.3 is 24.2 Å². The van der Waals surface area contributed by atoms with E-state index in [1.165, 1.54) is 31.3 Å². The molecule has 1 heterocycles. The summed E-state index contributed by atoms with van der Waals surface area (Å²) in [6, 6.07) is 17.0. The molecule has 1 saturated heterocycles.